The molecule has 0 aliphatic carbocycles. The molecular weight excluding hydrogens is 332 g/mol. The van der Waals surface area contributed by atoms with Crippen molar-refractivity contribution in [1.29, 1.82) is 0 Å². The number of hydrogen-bond donors (Lipinski definition) is 1. The molecule has 26 heavy (non-hydrogen) atoms. The van der Waals surface area contributed by atoms with Gasteiger partial charge in [0.15, 0.2) is 0 Å². The van der Waals surface area contributed by atoms with Crippen LogP contribution in [-0.4, -0.2) is 36.3 Å². The lowest BCUT2D eigenvalue weighted by Gasteiger charge is -2.32. The average Bonchev–Trinajstić information content (AvgIpc) is 3.09. The minimum absolute atomic E-state index is 0.147. The molecule has 0 spiro atoms. The summed E-state index contributed by atoms with van der Waals surface area (Å²) in [7, 11) is 0. The number of nitrogens with one attached hydrogen (secondary N) is 1. The van der Waals surface area contributed by atoms with Gasteiger partial charge in [0.1, 0.15) is 23.7 Å². The van der Waals surface area contributed by atoms with Gasteiger partial charge in [-0.25, -0.2) is 0 Å². The highest BCUT2D eigenvalue weighted by atomic mass is 16.5. The summed E-state index contributed by atoms with van der Waals surface area (Å²) in [4.78, 5) is 17.0. The molecule has 0 radical (unpaired) electrons. The van der Waals surface area contributed by atoms with Crippen LogP contribution in [0.5, 0.6) is 5.75 Å². The Labute approximate surface area is 151 Å². The number of hydrogen-bond acceptors (Lipinski definition) is 5. The first-order valence-corrected chi connectivity index (χ1v) is 8.65. The van der Waals surface area contributed by atoms with E-state index >= 15 is 0 Å². The Kier molecular flexibility index (Phi) is 4.58. The van der Waals surface area contributed by atoms with Crippen LogP contribution in [0.15, 0.2) is 53.3 Å². The Morgan fingerprint density at radius 2 is 2.15 bits per heavy atom. The third kappa shape index (κ3) is 3.41. The molecule has 0 unspecified atom stereocenters. The highest BCUT2D eigenvalue weighted by Gasteiger charge is 2.30. The smallest absolute Gasteiger partial charge is 0.255 e. The third-order valence-corrected chi connectivity index (χ3v) is 4.52. The topological polar surface area (TPSA) is 73.6 Å². The fourth-order valence-electron chi connectivity index (χ4n) is 3.09. The number of carbonyl (C=O) groups is 1. The molecule has 1 amide bonds. The van der Waals surface area contributed by atoms with Gasteiger partial charge in [0.25, 0.3) is 5.91 Å². The fourth-order valence-corrected chi connectivity index (χ4v) is 3.09. The summed E-state index contributed by atoms with van der Waals surface area (Å²) in [6.45, 7) is 2.93. The van der Waals surface area contributed by atoms with Gasteiger partial charge in [-0.15, -0.1) is 0 Å². The molecule has 4 rings (SSSR count). The van der Waals surface area contributed by atoms with E-state index in [-0.39, 0.29) is 18.1 Å². The van der Waals surface area contributed by atoms with Gasteiger partial charge in [0.2, 0.25) is 0 Å². The summed E-state index contributed by atoms with van der Waals surface area (Å²) in [5.41, 5.74) is 2.15. The summed E-state index contributed by atoms with van der Waals surface area (Å²) in [5, 5.41) is 3.87. The lowest BCUT2D eigenvalue weighted by Crippen LogP contribution is -2.51. The van der Waals surface area contributed by atoms with E-state index in [1.807, 2.05) is 43.3 Å². The average molecular weight is 352 g/mol. The number of pyridine rings is 1. The highest BCUT2D eigenvalue weighted by Crippen LogP contribution is 2.22. The van der Waals surface area contributed by atoms with E-state index in [1.54, 1.807) is 6.20 Å². The monoisotopic (exact) mass is 352 g/mol. The van der Waals surface area contributed by atoms with Crippen LogP contribution < -0.4 is 10.1 Å². The Morgan fingerprint density at radius 1 is 1.27 bits per heavy atom. The summed E-state index contributed by atoms with van der Waals surface area (Å²) in [6, 6.07) is 11.1. The van der Waals surface area contributed by atoms with Crippen molar-refractivity contribution in [3.05, 3.63) is 60.1 Å². The normalized spacial score (nSPS) is 20.0. The number of aromatic nitrogens is 1. The first-order chi connectivity index (χ1) is 12.7. The molecule has 2 aromatic heterocycles. The minimum Gasteiger partial charge on any atom is -0.484 e. The molecule has 6 nitrogen and oxygen atoms in total. The fraction of sp³-hybridized carbons (Fsp3) is 0.300. The summed E-state index contributed by atoms with van der Waals surface area (Å²) in [6.07, 6.45) is 3.60. The van der Waals surface area contributed by atoms with Gasteiger partial charge in [-0.05, 0) is 31.5 Å². The van der Waals surface area contributed by atoms with E-state index in [2.05, 4.69) is 10.3 Å². The first kappa shape index (κ1) is 16.6. The maximum atomic E-state index is 12.8. The molecule has 3 aromatic rings. The lowest BCUT2D eigenvalue weighted by molar-refractivity contribution is -0.0136. The number of rotatable bonds is 4. The Bertz CT molecular complexity index is 904. The number of amides is 1. The molecule has 0 bridgehead atoms. The van der Waals surface area contributed by atoms with Crippen LogP contribution in [0.2, 0.25) is 0 Å². The Morgan fingerprint density at radius 3 is 3.00 bits per heavy atom. The van der Waals surface area contributed by atoms with E-state index in [4.69, 9.17) is 13.9 Å². The molecule has 1 aliphatic rings. The molecule has 134 valence electrons. The van der Waals surface area contributed by atoms with Crippen LogP contribution in [0, 0.1) is 6.92 Å². The number of benzene rings is 1. The number of nitrogens with zero attached hydrogens (tertiary/aromatic N) is 1. The zero-order valence-corrected chi connectivity index (χ0v) is 14.5. The van der Waals surface area contributed by atoms with Crippen LogP contribution in [0.25, 0.3) is 11.0 Å². The summed E-state index contributed by atoms with van der Waals surface area (Å²) >= 11 is 0. The van der Waals surface area contributed by atoms with Crippen molar-refractivity contribution in [2.45, 2.75) is 25.5 Å². The van der Waals surface area contributed by atoms with Crippen molar-refractivity contribution < 1.29 is 18.7 Å². The molecule has 0 saturated carbocycles. The second-order valence-electron chi connectivity index (χ2n) is 6.38. The van der Waals surface area contributed by atoms with Gasteiger partial charge < -0.3 is 19.2 Å². The molecule has 1 aromatic carbocycles. The zero-order chi connectivity index (χ0) is 17.9. The minimum atomic E-state index is -0.268. The SMILES string of the molecule is Cc1ccc(O[C@@H]2COCC[C@@H]2NC(=O)c2coc3ccccc23)cn1. The van der Waals surface area contributed by atoms with E-state index in [9.17, 15) is 4.79 Å². The van der Waals surface area contributed by atoms with Crippen LogP contribution in [0.3, 0.4) is 0 Å². The van der Waals surface area contributed by atoms with Crippen LogP contribution >= 0.6 is 0 Å². The van der Waals surface area contributed by atoms with Crippen molar-refractivity contribution in [3.63, 3.8) is 0 Å². The largest absolute Gasteiger partial charge is 0.484 e. The summed E-state index contributed by atoms with van der Waals surface area (Å²) < 4.78 is 17.0. The van der Waals surface area contributed by atoms with Crippen LogP contribution in [0.1, 0.15) is 22.5 Å². The molecule has 1 fully saturated rings. The van der Waals surface area contributed by atoms with Crippen LogP contribution in [0.4, 0.5) is 0 Å². The van der Waals surface area contributed by atoms with E-state index < -0.39 is 0 Å². The van der Waals surface area contributed by atoms with E-state index in [0.717, 1.165) is 11.1 Å². The standard InChI is InChI=1S/C20H20N2O4/c1-13-6-7-14(10-21-13)26-19-12-24-9-8-17(19)22-20(23)16-11-25-18-5-3-2-4-15(16)18/h2-7,10-11,17,19H,8-9,12H2,1H3,(H,22,23)/t17-,19+/m0/s1. The number of aryl methyl sites for hydroxylation is 1. The number of carbonyl (C=O) groups excluding carboxylic acids is 1. The Hall–Kier alpha value is -2.86. The van der Waals surface area contributed by atoms with Gasteiger partial charge in [-0.3, -0.25) is 9.78 Å². The Balaban J connectivity index is 1.49. The molecule has 1 N–H and O–H groups in total. The maximum absolute atomic E-state index is 12.8. The van der Waals surface area contributed by atoms with Crippen molar-refractivity contribution in [1.82, 2.24) is 10.3 Å². The quantitative estimate of drug-likeness (QED) is 0.781. The molecule has 3 heterocycles. The van der Waals surface area contributed by atoms with Crippen LogP contribution in [-0.2, 0) is 4.74 Å². The van der Waals surface area contributed by atoms with Crippen molar-refractivity contribution in [2.75, 3.05) is 13.2 Å². The van der Waals surface area contributed by atoms with Gasteiger partial charge in [0, 0.05) is 17.7 Å². The second-order valence-corrected chi connectivity index (χ2v) is 6.38. The number of para-hydroxylation sites is 1. The third-order valence-electron chi connectivity index (χ3n) is 4.52. The van der Waals surface area contributed by atoms with Crippen molar-refractivity contribution >= 4 is 16.9 Å². The van der Waals surface area contributed by atoms with Crippen molar-refractivity contribution in [3.8, 4) is 5.75 Å². The number of fused-ring (bicyclic) bond motifs is 1. The lowest BCUT2D eigenvalue weighted by atomic mass is 10.0. The molecule has 1 saturated heterocycles. The van der Waals surface area contributed by atoms with E-state index in [0.29, 0.717) is 36.5 Å². The predicted octanol–water partition coefficient (Wildman–Crippen LogP) is 3.10. The number of ether oxygens (including phenoxy) is 2. The summed E-state index contributed by atoms with van der Waals surface area (Å²) in [5.74, 6) is 0.497. The van der Waals surface area contributed by atoms with E-state index in [1.165, 1.54) is 6.26 Å². The predicted molar refractivity (Wildman–Crippen MR) is 96.3 cm³/mol. The van der Waals surface area contributed by atoms with Crippen molar-refractivity contribution in [2.24, 2.45) is 0 Å². The second kappa shape index (κ2) is 7.17. The molecular formula is C20H20N2O4. The number of furan rings is 1. The van der Waals surface area contributed by atoms with Gasteiger partial charge >= 0.3 is 0 Å². The van der Waals surface area contributed by atoms with Gasteiger partial charge in [-0.1, -0.05) is 18.2 Å². The maximum Gasteiger partial charge on any atom is 0.255 e. The first-order valence-electron chi connectivity index (χ1n) is 8.65. The van der Waals surface area contributed by atoms with Gasteiger partial charge in [-0.2, -0.15) is 0 Å². The molecule has 2 atom stereocenters. The highest BCUT2D eigenvalue weighted by molar-refractivity contribution is 6.06. The zero-order valence-electron chi connectivity index (χ0n) is 14.5. The van der Waals surface area contributed by atoms with Gasteiger partial charge in [0.05, 0.1) is 24.4 Å². The molecule has 6 heteroatoms. The molecule has 1 aliphatic heterocycles.